The Labute approximate surface area is 135 Å². The van der Waals surface area contributed by atoms with E-state index in [4.69, 9.17) is 0 Å². The van der Waals surface area contributed by atoms with Crippen LogP contribution in [0.5, 0.6) is 0 Å². The van der Waals surface area contributed by atoms with E-state index in [0.29, 0.717) is 5.65 Å². The van der Waals surface area contributed by atoms with Gasteiger partial charge in [0.2, 0.25) is 0 Å². The minimum atomic E-state index is -0.148. The molecule has 0 spiro atoms. The Kier molecular flexibility index (Phi) is 2.62. The van der Waals surface area contributed by atoms with E-state index in [1.807, 2.05) is 31.3 Å². The Balaban J connectivity index is 2.24. The molecule has 23 heavy (non-hydrogen) atoms. The molecular weight excluding hydrogens is 286 g/mol. The van der Waals surface area contributed by atoms with Crippen LogP contribution in [0.25, 0.3) is 16.6 Å². The summed E-state index contributed by atoms with van der Waals surface area (Å²) in [6.45, 7) is 10.7. The van der Waals surface area contributed by atoms with Crippen LogP contribution >= 0.6 is 0 Å². The minimum absolute atomic E-state index is 0.0599. The Hall–Kier alpha value is -2.23. The number of nitrogens with zero attached hydrogens (tertiary/aromatic N) is 3. The molecule has 118 valence electrons. The topological polar surface area (TPSA) is 47.3 Å². The average molecular weight is 307 g/mol. The van der Waals surface area contributed by atoms with E-state index in [2.05, 4.69) is 42.1 Å². The summed E-state index contributed by atoms with van der Waals surface area (Å²) in [6, 6.07) is 6.00. The van der Waals surface area contributed by atoms with Gasteiger partial charge in [-0.1, -0.05) is 27.7 Å². The summed E-state index contributed by atoms with van der Waals surface area (Å²) in [5, 5.41) is 0.929. The maximum Gasteiger partial charge on any atom is 0.277 e. The van der Waals surface area contributed by atoms with Crippen molar-refractivity contribution in [2.45, 2.75) is 51.9 Å². The normalized spacial score (nSPS) is 18.5. The zero-order valence-corrected chi connectivity index (χ0v) is 14.3. The van der Waals surface area contributed by atoms with Crippen molar-refractivity contribution >= 4 is 16.6 Å². The summed E-state index contributed by atoms with van der Waals surface area (Å²) in [5.41, 5.74) is 4.21. The zero-order valence-electron chi connectivity index (χ0n) is 14.3. The molecule has 0 saturated carbocycles. The van der Waals surface area contributed by atoms with Crippen molar-refractivity contribution in [2.24, 2.45) is 0 Å². The van der Waals surface area contributed by atoms with Crippen molar-refractivity contribution in [3.05, 3.63) is 51.7 Å². The lowest BCUT2D eigenvalue weighted by Crippen LogP contribution is -2.26. The quantitative estimate of drug-likeness (QED) is 0.597. The fraction of sp³-hybridized carbons (Fsp3) is 0.421. The number of hydrogen-bond acceptors (Lipinski definition) is 3. The van der Waals surface area contributed by atoms with Gasteiger partial charge in [0, 0.05) is 33.9 Å². The number of pyridine rings is 2. The van der Waals surface area contributed by atoms with Crippen molar-refractivity contribution in [1.82, 2.24) is 14.4 Å². The van der Waals surface area contributed by atoms with Gasteiger partial charge in [-0.15, -0.1) is 0 Å². The maximum absolute atomic E-state index is 12.8. The van der Waals surface area contributed by atoms with E-state index in [1.54, 1.807) is 0 Å². The number of rotatable bonds is 0. The van der Waals surface area contributed by atoms with Crippen molar-refractivity contribution in [3.63, 3.8) is 0 Å². The summed E-state index contributed by atoms with van der Waals surface area (Å²) in [5.74, 6) is 0. The van der Waals surface area contributed by atoms with Crippen LogP contribution in [0.1, 0.15) is 51.1 Å². The van der Waals surface area contributed by atoms with Gasteiger partial charge in [-0.2, -0.15) is 4.98 Å². The second-order valence-corrected chi connectivity index (χ2v) is 7.98. The minimum Gasteiger partial charge on any atom is -0.304 e. The van der Waals surface area contributed by atoms with Crippen LogP contribution in [0, 0.1) is 6.92 Å². The number of aryl methyl sites for hydroxylation is 1. The third kappa shape index (κ3) is 1.87. The molecule has 3 aromatic heterocycles. The second kappa shape index (κ2) is 4.19. The van der Waals surface area contributed by atoms with Gasteiger partial charge in [-0.25, -0.2) is 0 Å². The Morgan fingerprint density at radius 2 is 1.78 bits per heavy atom. The molecular formula is C19H21N3O. The SMILES string of the molecule is Cc1ccc2c(ccn3c4c(c(=O)nc23)C(C)(C)CC4(C)C)n1. The first-order chi connectivity index (χ1) is 10.7. The monoisotopic (exact) mass is 307 g/mol. The molecule has 0 saturated heterocycles. The molecule has 0 radical (unpaired) electrons. The number of aromatic nitrogens is 3. The molecule has 0 N–H and O–H groups in total. The molecule has 0 fully saturated rings. The Morgan fingerprint density at radius 1 is 1.04 bits per heavy atom. The van der Waals surface area contributed by atoms with Gasteiger partial charge in [-0.05, 0) is 37.0 Å². The van der Waals surface area contributed by atoms with Crippen molar-refractivity contribution < 1.29 is 0 Å². The molecule has 3 heterocycles. The molecule has 0 amide bonds. The highest BCUT2D eigenvalue weighted by Crippen LogP contribution is 2.47. The van der Waals surface area contributed by atoms with E-state index in [9.17, 15) is 4.79 Å². The smallest absolute Gasteiger partial charge is 0.277 e. The molecule has 0 unspecified atom stereocenters. The first kappa shape index (κ1) is 14.4. The standard InChI is InChI=1S/C19H21N3O/c1-11-6-7-12-13(20-11)8-9-22-15-14(17(23)21-16(12)22)18(2,3)10-19(15,4)5/h6-9H,10H2,1-5H3. The molecule has 4 heteroatoms. The summed E-state index contributed by atoms with van der Waals surface area (Å²) in [7, 11) is 0. The highest BCUT2D eigenvalue weighted by Gasteiger charge is 2.45. The van der Waals surface area contributed by atoms with E-state index < -0.39 is 0 Å². The fourth-order valence-electron chi connectivity index (χ4n) is 4.46. The van der Waals surface area contributed by atoms with Crippen LogP contribution in [-0.2, 0) is 10.8 Å². The fourth-order valence-corrected chi connectivity index (χ4v) is 4.46. The predicted molar refractivity (Wildman–Crippen MR) is 92.2 cm³/mol. The summed E-state index contributed by atoms with van der Waals surface area (Å²) in [6.07, 6.45) is 2.96. The first-order valence-electron chi connectivity index (χ1n) is 8.04. The first-order valence-corrected chi connectivity index (χ1v) is 8.04. The van der Waals surface area contributed by atoms with Gasteiger partial charge < -0.3 is 4.40 Å². The van der Waals surface area contributed by atoms with Gasteiger partial charge in [0.15, 0.2) is 5.65 Å². The van der Waals surface area contributed by atoms with E-state index in [1.165, 1.54) is 0 Å². The highest BCUT2D eigenvalue weighted by molar-refractivity contribution is 5.91. The lowest BCUT2D eigenvalue weighted by molar-refractivity contribution is 0.397. The van der Waals surface area contributed by atoms with Gasteiger partial charge in [-0.3, -0.25) is 9.78 Å². The van der Waals surface area contributed by atoms with Crippen molar-refractivity contribution in [3.8, 4) is 0 Å². The molecule has 3 aromatic rings. The molecule has 0 bridgehead atoms. The Morgan fingerprint density at radius 3 is 2.52 bits per heavy atom. The van der Waals surface area contributed by atoms with Crippen LogP contribution in [0.2, 0.25) is 0 Å². The number of fused-ring (bicyclic) bond motifs is 5. The van der Waals surface area contributed by atoms with Gasteiger partial charge in [0.05, 0.1) is 5.52 Å². The lowest BCUT2D eigenvalue weighted by atomic mass is 9.82. The second-order valence-electron chi connectivity index (χ2n) is 7.98. The molecule has 4 rings (SSSR count). The van der Waals surface area contributed by atoms with Gasteiger partial charge in [0.1, 0.15) is 0 Å². The van der Waals surface area contributed by atoms with Crippen molar-refractivity contribution in [2.75, 3.05) is 0 Å². The largest absolute Gasteiger partial charge is 0.304 e. The van der Waals surface area contributed by atoms with Crippen LogP contribution in [-0.4, -0.2) is 14.4 Å². The van der Waals surface area contributed by atoms with E-state index in [0.717, 1.165) is 34.3 Å². The van der Waals surface area contributed by atoms with E-state index >= 15 is 0 Å². The molecule has 0 atom stereocenters. The average Bonchev–Trinajstić information content (AvgIpc) is 2.64. The van der Waals surface area contributed by atoms with Crippen LogP contribution in [0.3, 0.4) is 0 Å². The lowest BCUT2D eigenvalue weighted by Gasteiger charge is -2.22. The maximum atomic E-state index is 12.8. The van der Waals surface area contributed by atoms with Gasteiger partial charge in [0.25, 0.3) is 5.56 Å². The van der Waals surface area contributed by atoms with Crippen LogP contribution in [0.4, 0.5) is 0 Å². The molecule has 0 aliphatic heterocycles. The zero-order chi connectivity index (χ0) is 16.6. The van der Waals surface area contributed by atoms with Crippen LogP contribution < -0.4 is 5.56 Å². The highest BCUT2D eigenvalue weighted by atomic mass is 16.1. The third-order valence-electron chi connectivity index (χ3n) is 5.02. The third-order valence-corrected chi connectivity index (χ3v) is 5.02. The van der Waals surface area contributed by atoms with E-state index in [-0.39, 0.29) is 16.4 Å². The van der Waals surface area contributed by atoms with Crippen LogP contribution in [0.15, 0.2) is 29.2 Å². The number of hydrogen-bond donors (Lipinski definition) is 0. The summed E-state index contributed by atoms with van der Waals surface area (Å²) in [4.78, 5) is 21.8. The molecule has 4 nitrogen and oxygen atoms in total. The van der Waals surface area contributed by atoms with Crippen molar-refractivity contribution in [1.29, 1.82) is 0 Å². The molecule has 0 aromatic carbocycles. The molecule has 1 aliphatic rings. The predicted octanol–water partition coefficient (Wildman–Crippen LogP) is 3.51. The van der Waals surface area contributed by atoms with Gasteiger partial charge >= 0.3 is 0 Å². The summed E-state index contributed by atoms with van der Waals surface area (Å²) < 4.78 is 2.10. The Bertz CT molecular complexity index is 1030. The summed E-state index contributed by atoms with van der Waals surface area (Å²) >= 11 is 0. The molecule has 1 aliphatic carbocycles.